The summed E-state index contributed by atoms with van der Waals surface area (Å²) in [6.07, 6.45) is 0. The molecular weight excluding hydrogens is 621 g/mol. The summed E-state index contributed by atoms with van der Waals surface area (Å²) in [7, 11) is 0. The van der Waals surface area contributed by atoms with Crippen molar-refractivity contribution in [2.45, 2.75) is 0 Å². The van der Waals surface area contributed by atoms with E-state index in [2.05, 4.69) is 173 Å². The van der Waals surface area contributed by atoms with Crippen molar-refractivity contribution in [3.63, 3.8) is 0 Å². The van der Waals surface area contributed by atoms with Gasteiger partial charge in [-0.2, -0.15) is 0 Å². The van der Waals surface area contributed by atoms with Crippen LogP contribution in [0, 0.1) is 0 Å². The molecular formula is C48H28N2O. The fourth-order valence-electron chi connectivity index (χ4n) is 8.93. The quantitative estimate of drug-likeness (QED) is 0.178. The van der Waals surface area contributed by atoms with Gasteiger partial charge < -0.3 is 13.7 Å². The average Bonchev–Trinajstić information content (AvgIpc) is 3.86. The van der Waals surface area contributed by atoms with Gasteiger partial charge in [0.25, 0.3) is 0 Å². The molecule has 0 bridgehead atoms. The summed E-state index contributed by atoms with van der Waals surface area (Å²) in [6.45, 7) is 0. The zero-order valence-corrected chi connectivity index (χ0v) is 27.5. The number of furan rings is 1. The minimum Gasteiger partial charge on any atom is -0.454 e. The van der Waals surface area contributed by atoms with Crippen molar-refractivity contribution in [3.8, 4) is 0 Å². The highest BCUT2D eigenvalue weighted by molar-refractivity contribution is 6.26. The van der Waals surface area contributed by atoms with Gasteiger partial charge in [0.15, 0.2) is 5.58 Å². The van der Waals surface area contributed by atoms with Crippen molar-refractivity contribution in [3.05, 3.63) is 170 Å². The van der Waals surface area contributed by atoms with Crippen LogP contribution < -0.4 is 4.90 Å². The molecule has 0 fully saturated rings. The second-order valence-electron chi connectivity index (χ2n) is 13.7. The third kappa shape index (κ3) is 3.57. The molecule has 0 spiro atoms. The minimum absolute atomic E-state index is 0.877. The average molecular weight is 649 g/mol. The summed E-state index contributed by atoms with van der Waals surface area (Å²) < 4.78 is 9.14. The number of hydrogen-bond acceptors (Lipinski definition) is 2. The summed E-state index contributed by atoms with van der Waals surface area (Å²) in [5.41, 5.74) is 8.67. The van der Waals surface area contributed by atoms with E-state index >= 15 is 0 Å². The van der Waals surface area contributed by atoms with E-state index in [0.717, 1.165) is 39.0 Å². The zero-order chi connectivity index (χ0) is 33.2. The topological polar surface area (TPSA) is 20.8 Å². The minimum atomic E-state index is 0.877. The van der Waals surface area contributed by atoms with Crippen molar-refractivity contribution in [2.75, 3.05) is 4.90 Å². The third-order valence-corrected chi connectivity index (χ3v) is 11.1. The Hall–Kier alpha value is -6.84. The predicted octanol–water partition coefficient (Wildman–Crippen LogP) is 13.7. The highest BCUT2D eigenvalue weighted by atomic mass is 16.3. The van der Waals surface area contributed by atoms with Crippen LogP contribution in [0.3, 0.4) is 0 Å². The van der Waals surface area contributed by atoms with Crippen LogP contribution in [0.15, 0.2) is 174 Å². The maximum atomic E-state index is 6.70. The van der Waals surface area contributed by atoms with Gasteiger partial charge in [-0.05, 0) is 80.8 Å². The molecule has 0 aliphatic rings. The fourth-order valence-corrected chi connectivity index (χ4v) is 8.93. The molecule has 0 atom stereocenters. The molecule has 0 radical (unpaired) electrons. The van der Waals surface area contributed by atoms with Crippen molar-refractivity contribution in [1.29, 1.82) is 0 Å². The van der Waals surface area contributed by atoms with Crippen LogP contribution in [0.2, 0.25) is 0 Å². The van der Waals surface area contributed by atoms with Gasteiger partial charge in [-0.1, -0.05) is 121 Å². The summed E-state index contributed by atoms with van der Waals surface area (Å²) in [5, 5.41) is 14.9. The summed E-state index contributed by atoms with van der Waals surface area (Å²) >= 11 is 0. The van der Waals surface area contributed by atoms with Gasteiger partial charge in [0.1, 0.15) is 5.58 Å². The number of hydrogen-bond donors (Lipinski definition) is 0. The lowest BCUT2D eigenvalue weighted by Crippen LogP contribution is -2.10. The van der Waals surface area contributed by atoms with E-state index in [1.54, 1.807) is 0 Å². The van der Waals surface area contributed by atoms with Crippen molar-refractivity contribution < 1.29 is 4.42 Å². The van der Waals surface area contributed by atoms with Crippen LogP contribution in [0.1, 0.15) is 0 Å². The molecule has 0 amide bonds. The monoisotopic (exact) mass is 648 g/mol. The van der Waals surface area contributed by atoms with E-state index in [9.17, 15) is 0 Å². The Morgan fingerprint density at radius 3 is 1.63 bits per heavy atom. The molecule has 3 heteroatoms. The van der Waals surface area contributed by atoms with E-state index in [0.29, 0.717) is 0 Å². The van der Waals surface area contributed by atoms with Crippen LogP contribution >= 0.6 is 0 Å². The molecule has 236 valence electrons. The molecule has 0 aliphatic heterocycles. The van der Waals surface area contributed by atoms with Gasteiger partial charge in [-0.25, -0.2) is 0 Å². The predicted molar refractivity (Wildman–Crippen MR) is 216 cm³/mol. The van der Waals surface area contributed by atoms with Crippen molar-refractivity contribution in [2.24, 2.45) is 0 Å². The Bertz CT molecular complexity index is 3350. The first kappa shape index (κ1) is 27.0. The van der Waals surface area contributed by atoms with Crippen LogP contribution in [0.25, 0.3) is 92.4 Å². The molecule has 0 saturated heterocycles. The number of nitrogens with zero attached hydrogens (tertiary/aromatic N) is 2. The van der Waals surface area contributed by atoms with Crippen LogP contribution in [-0.4, -0.2) is 4.40 Å². The van der Waals surface area contributed by atoms with E-state index in [1.165, 1.54) is 70.4 Å². The van der Waals surface area contributed by atoms with E-state index in [-0.39, 0.29) is 0 Å². The first-order chi connectivity index (χ1) is 25.3. The molecule has 3 nitrogen and oxygen atoms in total. The highest BCUT2D eigenvalue weighted by Gasteiger charge is 2.23. The number of rotatable bonds is 3. The SMILES string of the molecule is c1ccc2c(c1)oc1c(N(c3ccc4c5ccccc5c5ccccc5c4c3)c3ccc4c(c3)c3cccc5c6ccccc6n4c53)cccc12. The second-order valence-corrected chi connectivity index (χ2v) is 13.7. The highest BCUT2D eigenvalue weighted by Crippen LogP contribution is 2.46. The lowest BCUT2D eigenvalue weighted by Gasteiger charge is -2.26. The number of benzene rings is 9. The number of aromatic nitrogens is 1. The van der Waals surface area contributed by atoms with Crippen LogP contribution in [0.5, 0.6) is 0 Å². The van der Waals surface area contributed by atoms with E-state index < -0.39 is 0 Å². The Labute approximate surface area is 292 Å². The largest absolute Gasteiger partial charge is 0.454 e. The summed E-state index contributed by atoms with van der Waals surface area (Å²) in [5.74, 6) is 0. The number of para-hydroxylation sites is 4. The molecule has 3 aromatic heterocycles. The smallest absolute Gasteiger partial charge is 0.159 e. The molecule has 12 rings (SSSR count). The molecule has 0 unspecified atom stereocenters. The standard InChI is InChI=1S/C48H28N2O/c1-2-13-33-31(11-1)32-12-3-4-14-34(32)41-27-29(23-25-35(33)41)49(45-21-10-19-40-37-16-6-8-22-46(37)51-48(40)45)30-24-26-44-42(28-30)39-18-9-17-38-36-15-5-7-20-43(36)50(44)47(38)39/h1-28H. The van der Waals surface area contributed by atoms with Crippen LogP contribution in [0.4, 0.5) is 17.1 Å². The van der Waals surface area contributed by atoms with Gasteiger partial charge in [0.05, 0.1) is 22.2 Å². The normalized spacial score (nSPS) is 12.3. The van der Waals surface area contributed by atoms with Gasteiger partial charge in [0.2, 0.25) is 0 Å². The molecule has 0 saturated carbocycles. The zero-order valence-electron chi connectivity index (χ0n) is 27.5. The Morgan fingerprint density at radius 2 is 0.863 bits per heavy atom. The number of anilines is 3. The molecule has 51 heavy (non-hydrogen) atoms. The van der Waals surface area contributed by atoms with Crippen LogP contribution in [-0.2, 0) is 0 Å². The Morgan fingerprint density at radius 1 is 0.353 bits per heavy atom. The Balaban J connectivity index is 1.19. The summed E-state index contributed by atoms with van der Waals surface area (Å²) in [4.78, 5) is 2.39. The first-order valence-electron chi connectivity index (χ1n) is 17.5. The number of fused-ring (bicyclic) bond motifs is 15. The van der Waals surface area contributed by atoms with Gasteiger partial charge in [-0.3, -0.25) is 0 Å². The Kier molecular flexibility index (Phi) is 5.23. The van der Waals surface area contributed by atoms with Crippen molar-refractivity contribution in [1.82, 2.24) is 4.40 Å². The van der Waals surface area contributed by atoms with Gasteiger partial charge >= 0.3 is 0 Å². The molecule has 0 N–H and O–H groups in total. The lowest BCUT2D eigenvalue weighted by molar-refractivity contribution is 0.669. The maximum absolute atomic E-state index is 6.70. The van der Waals surface area contributed by atoms with Gasteiger partial charge in [-0.15, -0.1) is 0 Å². The van der Waals surface area contributed by atoms with E-state index in [1.807, 2.05) is 6.07 Å². The van der Waals surface area contributed by atoms with Crippen molar-refractivity contribution >= 4 is 109 Å². The maximum Gasteiger partial charge on any atom is 0.159 e. The van der Waals surface area contributed by atoms with E-state index in [4.69, 9.17) is 4.42 Å². The third-order valence-electron chi connectivity index (χ3n) is 11.1. The lowest BCUT2D eigenvalue weighted by atomic mass is 9.94. The summed E-state index contributed by atoms with van der Waals surface area (Å²) in [6, 6.07) is 61.8. The fraction of sp³-hybridized carbons (Fsp3) is 0. The first-order valence-corrected chi connectivity index (χ1v) is 17.5. The second kappa shape index (κ2) is 9.87. The molecule has 0 aliphatic carbocycles. The van der Waals surface area contributed by atoms with Gasteiger partial charge in [0, 0.05) is 43.7 Å². The molecule has 3 heterocycles. The molecule has 9 aromatic carbocycles. The molecule has 12 aromatic rings.